The Bertz CT molecular complexity index is 1590. The molecule has 9 nitrogen and oxygen atoms in total. The van der Waals surface area contributed by atoms with Crippen LogP contribution in [0.4, 0.5) is 0 Å². The molecular weight excluding hydrogens is 949 g/mol. The average Bonchev–Trinajstić information content (AvgIpc) is 3.42. The van der Waals surface area contributed by atoms with Crippen molar-refractivity contribution >= 4 is 17.9 Å². The number of benzene rings is 1. The zero-order chi connectivity index (χ0) is 54.6. The van der Waals surface area contributed by atoms with Crippen LogP contribution >= 0.6 is 0 Å². The number of allylic oxidation sites excluding steroid dienone is 6. The first-order chi connectivity index (χ1) is 37.4. The molecule has 0 saturated carbocycles. The Balaban J connectivity index is 1.94. The second-order valence-corrected chi connectivity index (χ2v) is 21.8. The number of hydrogen-bond donors (Lipinski definition) is 0. The molecule has 2 rings (SSSR count). The maximum atomic E-state index is 13.6. The van der Waals surface area contributed by atoms with Gasteiger partial charge in [-0.25, -0.2) is 0 Å². The highest BCUT2D eigenvalue weighted by molar-refractivity contribution is 5.71. The molecule has 0 bridgehead atoms. The van der Waals surface area contributed by atoms with E-state index < -0.39 is 24.6 Å². The number of rotatable bonds is 52. The number of hydrogen-bond acceptors (Lipinski definition) is 9. The van der Waals surface area contributed by atoms with Crippen molar-refractivity contribution in [2.75, 3.05) is 13.7 Å². The van der Waals surface area contributed by atoms with Crippen molar-refractivity contribution in [1.82, 2.24) is 0 Å². The van der Waals surface area contributed by atoms with Crippen LogP contribution < -0.4 is 9.47 Å². The Labute approximate surface area is 466 Å². The third-order valence-corrected chi connectivity index (χ3v) is 14.7. The minimum atomic E-state index is -1.10. The average molecular weight is 1060 g/mol. The number of esters is 3. The second kappa shape index (κ2) is 50.9. The van der Waals surface area contributed by atoms with E-state index in [4.69, 9.17) is 28.4 Å². The number of methoxy groups -OCH3 is 1. The molecular formula is C67H114O9. The van der Waals surface area contributed by atoms with E-state index in [1.165, 1.54) is 141 Å². The van der Waals surface area contributed by atoms with Crippen LogP contribution in [0.3, 0.4) is 0 Å². The molecule has 1 saturated heterocycles. The normalized spacial score (nSPS) is 16.7. The van der Waals surface area contributed by atoms with Crippen LogP contribution in [0.5, 0.6) is 11.5 Å². The fraction of sp³-hybridized carbons (Fsp3) is 0.776. The molecule has 1 aliphatic heterocycles. The van der Waals surface area contributed by atoms with E-state index in [1.807, 2.05) is 0 Å². The summed E-state index contributed by atoms with van der Waals surface area (Å²) in [6.45, 7) is 6.76. The zero-order valence-electron chi connectivity index (χ0n) is 49.4. The summed E-state index contributed by atoms with van der Waals surface area (Å²) in [6.07, 6.45) is 57.5. The van der Waals surface area contributed by atoms with Crippen LogP contribution in [0.25, 0.3) is 0 Å². The molecule has 4 atom stereocenters. The molecule has 76 heavy (non-hydrogen) atoms. The molecule has 0 aliphatic carbocycles. The minimum Gasteiger partial charge on any atom is -0.497 e. The van der Waals surface area contributed by atoms with Crippen molar-refractivity contribution in [3.63, 3.8) is 0 Å². The first kappa shape index (κ1) is 68.5. The van der Waals surface area contributed by atoms with Gasteiger partial charge in [0, 0.05) is 25.7 Å². The van der Waals surface area contributed by atoms with E-state index in [0.717, 1.165) is 103 Å². The number of carbonyl (C=O) groups is 3. The maximum Gasteiger partial charge on any atom is 0.306 e. The van der Waals surface area contributed by atoms with Gasteiger partial charge >= 0.3 is 17.9 Å². The second-order valence-electron chi connectivity index (χ2n) is 21.8. The third kappa shape index (κ3) is 39.7. The van der Waals surface area contributed by atoms with Gasteiger partial charge in [-0.3, -0.25) is 14.4 Å². The number of ether oxygens (including phenoxy) is 6. The van der Waals surface area contributed by atoms with Crippen molar-refractivity contribution < 1.29 is 42.8 Å². The summed E-state index contributed by atoms with van der Waals surface area (Å²) in [5.41, 5.74) is 0. The van der Waals surface area contributed by atoms with Crippen LogP contribution in [0.1, 0.15) is 297 Å². The van der Waals surface area contributed by atoms with Gasteiger partial charge in [0.2, 0.25) is 12.4 Å². The molecule has 0 spiro atoms. The molecule has 1 aromatic carbocycles. The fourth-order valence-electron chi connectivity index (χ4n) is 9.85. The first-order valence-electron chi connectivity index (χ1n) is 31.9. The van der Waals surface area contributed by atoms with Gasteiger partial charge in [-0.05, 0) is 121 Å². The predicted octanol–water partition coefficient (Wildman–Crippen LogP) is 19.7. The molecule has 0 radical (unpaired) electrons. The summed E-state index contributed by atoms with van der Waals surface area (Å²) in [5, 5.41) is 0. The molecule has 1 aromatic rings. The maximum absolute atomic E-state index is 13.6. The van der Waals surface area contributed by atoms with Gasteiger partial charge in [0.15, 0.2) is 0 Å². The zero-order valence-corrected chi connectivity index (χ0v) is 49.4. The van der Waals surface area contributed by atoms with Crippen LogP contribution in [-0.2, 0) is 33.3 Å². The van der Waals surface area contributed by atoms with Gasteiger partial charge < -0.3 is 28.4 Å². The summed E-state index contributed by atoms with van der Waals surface area (Å²) in [6, 6.07) is 7.09. The van der Waals surface area contributed by atoms with E-state index >= 15 is 0 Å². The summed E-state index contributed by atoms with van der Waals surface area (Å²) in [5.74, 6) is 0.145. The fourth-order valence-corrected chi connectivity index (χ4v) is 9.85. The van der Waals surface area contributed by atoms with Crippen LogP contribution in [-0.4, -0.2) is 56.2 Å². The van der Waals surface area contributed by atoms with Gasteiger partial charge in [-0.15, -0.1) is 0 Å². The molecule has 1 fully saturated rings. The van der Waals surface area contributed by atoms with E-state index in [1.54, 1.807) is 31.4 Å². The first-order valence-corrected chi connectivity index (χ1v) is 31.9. The van der Waals surface area contributed by atoms with E-state index in [9.17, 15) is 14.4 Å². The van der Waals surface area contributed by atoms with Gasteiger partial charge in [-0.2, -0.15) is 0 Å². The number of carbonyl (C=O) groups excluding carboxylic acids is 3. The summed E-state index contributed by atoms with van der Waals surface area (Å²) >= 11 is 0. The highest BCUT2D eigenvalue weighted by atomic mass is 16.7. The van der Waals surface area contributed by atoms with Crippen LogP contribution in [0, 0.1) is 0 Å². The highest BCUT2D eigenvalue weighted by Crippen LogP contribution is 2.30. The van der Waals surface area contributed by atoms with Gasteiger partial charge in [0.05, 0.1) is 13.2 Å². The lowest BCUT2D eigenvalue weighted by Gasteiger charge is -2.40. The van der Waals surface area contributed by atoms with Gasteiger partial charge in [0.1, 0.15) is 24.2 Å². The van der Waals surface area contributed by atoms with Crippen LogP contribution in [0.15, 0.2) is 60.7 Å². The quantitative estimate of drug-likeness (QED) is 0.0273. The van der Waals surface area contributed by atoms with E-state index in [-0.39, 0.29) is 43.8 Å². The molecule has 0 N–H and O–H groups in total. The Hall–Kier alpha value is -3.59. The third-order valence-electron chi connectivity index (χ3n) is 14.7. The lowest BCUT2D eigenvalue weighted by molar-refractivity contribution is -0.256. The van der Waals surface area contributed by atoms with Crippen molar-refractivity contribution in [3.8, 4) is 11.5 Å². The molecule has 0 amide bonds. The van der Waals surface area contributed by atoms with Crippen LogP contribution in [0.2, 0.25) is 0 Å². The molecule has 436 valence electrons. The smallest absolute Gasteiger partial charge is 0.306 e. The SMILES string of the molecule is CCCCCCCC/C=C\CCCCCCCC(=O)OC[C@@H]1C[C@H](OC(=O)CCCCCCC/C=C\CCCCCCCC)[C@@H](OC(=O)CCCCCCC/C=C\CCCCCCCC)C(Oc2ccc(OC)cc2)O1. The molecule has 9 heteroatoms. The predicted molar refractivity (Wildman–Crippen MR) is 316 cm³/mol. The Morgan fingerprint density at radius 3 is 1.14 bits per heavy atom. The molecule has 1 aliphatic rings. The van der Waals surface area contributed by atoms with Crippen molar-refractivity contribution in [2.45, 2.75) is 321 Å². The molecule has 1 unspecified atom stereocenters. The largest absolute Gasteiger partial charge is 0.497 e. The minimum absolute atomic E-state index is 0.0236. The molecule has 1 heterocycles. The Morgan fingerprint density at radius 2 is 0.763 bits per heavy atom. The monoisotopic (exact) mass is 1060 g/mol. The standard InChI is InChI=1S/C67H114O9/c1-5-8-11-14-17-20-23-26-29-32-35-38-41-44-47-50-63(68)72-58-61-57-62(75-64(69)51-48-45-42-39-36-33-30-27-24-21-18-15-12-9-6-2)66(67(74-61)73-60-55-53-59(71-4)54-56-60)76-65(70)52-49-46-43-40-37-34-31-28-25-22-19-16-13-10-7-3/h26-31,53-56,61-62,66-67H,5-25,32-52,57-58H2,1-4H3/b29-26-,30-27-,31-28-/t61-,62-,66+,67?/m0/s1. The van der Waals surface area contributed by atoms with E-state index in [2.05, 4.69) is 57.2 Å². The Morgan fingerprint density at radius 1 is 0.434 bits per heavy atom. The van der Waals surface area contributed by atoms with Gasteiger partial charge in [-0.1, -0.05) is 211 Å². The summed E-state index contributed by atoms with van der Waals surface area (Å²) in [7, 11) is 1.60. The van der Waals surface area contributed by atoms with Gasteiger partial charge in [0.25, 0.3) is 0 Å². The lowest BCUT2D eigenvalue weighted by atomic mass is 10.0. The topological polar surface area (TPSA) is 107 Å². The summed E-state index contributed by atoms with van der Waals surface area (Å²) in [4.78, 5) is 40.2. The van der Waals surface area contributed by atoms with Crippen molar-refractivity contribution in [2.24, 2.45) is 0 Å². The lowest BCUT2D eigenvalue weighted by Crippen LogP contribution is -2.55. The number of unbranched alkanes of at least 4 members (excludes halogenated alkanes) is 33. The van der Waals surface area contributed by atoms with Crippen molar-refractivity contribution in [1.29, 1.82) is 0 Å². The summed E-state index contributed by atoms with van der Waals surface area (Å²) < 4.78 is 36.4. The van der Waals surface area contributed by atoms with E-state index in [0.29, 0.717) is 24.3 Å². The highest BCUT2D eigenvalue weighted by Gasteiger charge is 2.45. The molecule has 0 aromatic heterocycles. The van der Waals surface area contributed by atoms with Crippen molar-refractivity contribution in [3.05, 3.63) is 60.7 Å². The Kier molecular flexibility index (Phi) is 45.9.